The lowest BCUT2D eigenvalue weighted by atomic mass is 9.89. The first-order valence-corrected chi connectivity index (χ1v) is 9.78. The summed E-state index contributed by atoms with van der Waals surface area (Å²) in [6.45, 7) is 1.41. The van der Waals surface area contributed by atoms with E-state index in [4.69, 9.17) is 0 Å². The molecule has 1 aliphatic heterocycles. The average Bonchev–Trinajstić information content (AvgIpc) is 3.13. The first-order chi connectivity index (χ1) is 13.8. The van der Waals surface area contributed by atoms with Crippen molar-refractivity contribution >= 4 is 16.8 Å². The van der Waals surface area contributed by atoms with Crippen LogP contribution in [-0.2, 0) is 17.8 Å². The number of nitrogens with one attached hydrogen (secondary N) is 1. The number of para-hydroxylation sites is 1. The van der Waals surface area contributed by atoms with E-state index < -0.39 is 0 Å². The average molecular weight is 366 g/mol. The fraction of sp³-hybridized carbons (Fsp3) is 0.160. The number of aromatic nitrogens is 1. The van der Waals surface area contributed by atoms with Crippen LogP contribution in [0.4, 0.5) is 0 Å². The quantitative estimate of drug-likeness (QED) is 0.551. The van der Waals surface area contributed by atoms with Crippen LogP contribution in [0.1, 0.15) is 28.3 Å². The normalized spacial score (nSPS) is 13.7. The summed E-state index contributed by atoms with van der Waals surface area (Å²) in [5.74, 6) is -0.0949. The van der Waals surface area contributed by atoms with Gasteiger partial charge < -0.3 is 9.88 Å². The van der Waals surface area contributed by atoms with Crippen molar-refractivity contribution in [3.63, 3.8) is 0 Å². The first-order valence-electron chi connectivity index (χ1n) is 9.78. The molecule has 0 spiro atoms. The third-order valence-corrected chi connectivity index (χ3v) is 5.71. The summed E-state index contributed by atoms with van der Waals surface area (Å²) >= 11 is 0. The van der Waals surface area contributed by atoms with Crippen LogP contribution in [0.5, 0.6) is 0 Å². The molecule has 0 saturated heterocycles. The molecule has 1 aliphatic rings. The van der Waals surface area contributed by atoms with Gasteiger partial charge in [0.2, 0.25) is 5.91 Å². The predicted octanol–water partition coefficient (Wildman–Crippen LogP) is 4.88. The second kappa shape index (κ2) is 7.01. The summed E-state index contributed by atoms with van der Waals surface area (Å²) in [6, 6.07) is 28.6. The Balaban J connectivity index is 1.52. The predicted molar refractivity (Wildman–Crippen MR) is 112 cm³/mol. The molecule has 3 aromatic carbocycles. The van der Waals surface area contributed by atoms with Crippen LogP contribution in [0.3, 0.4) is 0 Å². The molecule has 0 aliphatic carbocycles. The van der Waals surface area contributed by atoms with Crippen molar-refractivity contribution in [1.82, 2.24) is 9.88 Å². The van der Waals surface area contributed by atoms with Gasteiger partial charge in [0.05, 0.1) is 5.92 Å². The maximum absolute atomic E-state index is 13.7. The summed E-state index contributed by atoms with van der Waals surface area (Å²) < 4.78 is 0. The minimum absolute atomic E-state index is 0.174. The molecular formula is C25H22N2O. The lowest BCUT2D eigenvalue weighted by molar-refractivity contribution is -0.132. The fourth-order valence-corrected chi connectivity index (χ4v) is 4.31. The van der Waals surface area contributed by atoms with E-state index in [1.165, 1.54) is 16.6 Å². The van der Waals surface area contributed by atoms with E-state index >= 15 is 0 Å². The Bertz CT molecular complexity index is 1080. The van der Waals surface area contributed by atoms with Crippen molar-refractivity contribution < 1.29 is 4.79 Å². The number of H-pyrrole nitrogens is 1. The van der Waals surface area contributed by atoms with Gasteiger partial charge in [0.1, 0.15) is 0 Å². The molecule has 0 unspecified atom stereocenters. The van der Waals surface area contributed by atoms with E-state index in [9.17, 15) is 4.79 Å². The Morgan fingerprint density at radius 3 is 2.11 bits per heavy atom. The van der Waals surface area contributed by atoms with Crippen LogP contribution in [0, 0.1) is 0 Å². The molecule has 5 rings (SSSR count). The molecule has 3 nitrogen and oxygen atoms in total. The number of rotatable bonds is 3. The van der Waals surface area contributed by atoms with Crippen molar-refractivity contribution in [1.29, 1.82) is 0 Å². The molecule has 1 aromatic heterocycles. The lowest BCUT2D eigenvalue weighted by Crippen LogP contribution is -2.39. The van der Waals surface area contributed by atoms with Crippen LogP contribution in [0.25, 0.3) is 10.9 Å². The number of carbonyl (C=O) groups is 1. The van der Waals surface area contributed by atoms with Crippen LogP contribution in [0.15, 0.2) is 84.9 Å². The highest BCUT2D eigenvalue weighted by Crippen LogP contribution is 2.32. The van der Waals surface area contributed by atoms with Crippen LogP contribution < -0.4 is 0 Å². The van der Waals surface area contributed by atoms with Crippen LogP contribution >= 0.6 is 0 Å². The molecule has 0 radical (unpaired) electrons. The van der Waals surface area contributed by atoms with Crippen molar-refractivity contribution in [3.8, 4) is 0 Å². The van der Waals surface area contributed by atoms with E-state index in [1.54, 1.807) is 0 Å². The van der Waals surface area contributed by atoms with Gasteiger partial charge in [0, 0.05) is 41.7 Å². The topological polar surface area (TPSA) is 36.1 Å². The third kappa shape index (κ3) is 2.89. The highest BCUT2D eigenvalue weighted by atomic mass is 16.2. The molecule has 4 aromatic rings. The zero-order chi connectivity index (χ0) is 18.9. The standard InChI is InChI=1S/C25H22N2O/c28-25(24(18-9-3-1-4-10-18)19-11-5-2-6-12-19)27-16-15-23-21(17-27)20-13-7-8-14-22(20)26-23/h1-14,24,26H,15-17H2. The number of benzene rings is 3. The molecule has 0 fully saturated rings. The molecule has 0 bridgehead atoms. The Morgan fingerprint density at radius 1 is 0.821 bits per heavy atom. The van der Waals surface area contributed by atoms with Gasteiger partial charge in [-0.05, 0) is 17.2 Å². The van der Waals surface area contributed by atoms with Gasteiger partial charge >= 0.3 is 0 Å². The SMILES string of the molecule is O=C(C(c1ccccc1)c1ccccc1)N1CCc2[nH]c3ccccc3c2C1. The summed E-state index contributed by atoms with van der Waals surface area (Å²) in [6.07, 6.45) is 0.867. The Kier molecular flexibility index (Phi) is 4.21. The van der Waals surface area contributed by atoms with Gasteiger partial charge in [-0.1, -0.05) is 78.9 Å². The molecular weight excluding hydrogens is 344 g/mol. The van der Waals surface area contributed by atoms with E-state index in [2.05, 4.69) is 47.4 Å². The minimum Gasteiger partial charge on any atom is -0.358 e. The number of hydrogen-bond donors (Lipinski definition) is 1. The molecule has 0 saturated carbocycles. The molecule has 138 valence electrons. The number of carbonyl (C=O) groups excluding carboxylic acids is 1. The van der Waals surface area contributed by atoms with E-state index in [-0.39, 0.29) is 11.8 Å². The number of amides is 1. The second-order valence-corrected chi connectivity index (χ2v) is 7.39. The maximum atomic E-state index is 13.7. The third-order valence-electron chi connectivity index (χ3n) is 5.71. The van der Waals surface area contributed by atoms with Crippen molar-refractivity contribution in [2.24, 2.45) is 0 Å². The summed E-state index contributed by atoms with van der Waals surface area (Å²) in [4.78, 5) is 19.2. The van der Waals surface area contributed by atoms with Crippen molar-refractivity contribution in [3.05, 3.63) is 107 Å². The zero-order valence-corrected chi connectivity index (χ0v) is 15.6. The number of nitrogens with zero attached hydrogens (tertiary/aromatic N) is 1. The molecule has 1 amide bonds. The monoisotopic (exact) mass is 366 g/mol. The number of hydrogen-bond acceptors (Lipinski definition) is 1. The van der Waals surface area contributed by atoms with E-state index in [0.717, 1.165) is 29.6 Å². The molecule has 0 atom stereocenters. The molecule has 2 heterocycles. The van der Waals surface area contributed by atoms with Crippen LogP contribution in [0.2, 0.25) is 0 Å². The first kappa shape index (κ1) is 16.8. The summed E-state index contributed by atoms with van der Waals surface area (Å²) in [5, 5.41) is 1.23. The fourth-order valence-electron chi connectivity index (χ4n) is 4.31. The second-order valence-electron chi connectivity index (χ2n) is 7.39. The maximum Gasteiger partial charge on any atom is 0.234 e. The Hall–Kier alpha value is -3.33. The van der Waals surface area contributed by atoms with Gasteiger partial charge in [0.15, 0.2) is 0 Å². The zero-order valence-electron chi connectivity index (χ0n) is 15.6. The summed E-state index contributed by atoms with van der Waals surface area (Å²) in [5.41, 5.74) is 5.77. The van der Waals surface area contributed by atoms with Gasteiger partial charge in [0.25, 0.3) is 0 Å². The van der Waals surface area contributed by atoms with Gasteiger partial charge in [-0.25, -0.2) is 0 Å². The van der Waals surface area contributed by atoms with Crippen molar-refractivity contribution in [2.75, 3.05) is 6.54 Å². The van der Waals surface area contributed by atoms with Gasteiger partial charge in [-0.2, -0.15) is 0 Å². The Labute approximate surface area is 164 Å². The van der Waals surface area contributed by atoms with Crippen LogP contribution in [-0.4, -0.2) is 22.3 Å². The Morgan fingerprint density at radius 2 is 1.43 bits per heavy atom. The largest absolute Gasteiger partial charge is 0.358 e. The minimum atomic E-state index is -0.269. The molecule has 1 N–H and O–H groups in total. The highest BCUT2D eigenvalue weighted by Gasteiger charge is 2.30. The van der Waals surface area contributed by atoms with Crippen molar-refractivity contribution in [2.45, 2.75) is 18.9 Å². The number of aromatic amines is 1. The summed E-state index contributed by atoms with van der Waals surface area (Å²) in [7, 11) is 0. The van der Waals surface area contributed by atoms with E-state index in [0.29, 0.717) is 6.54 Å². The lowest BCUT2D eigenvalue weighted by Gasteiger charge is -2.31. The molecule has 28 heavy (non-hydrogen) atoms. The van der Waals surface area contributed by atoms with Gasteiger partial charge in [-0.3, -0.25) is 4.79 Å². The smallest absolute Gasteiger partial charge is 0.234 e. The van der Waals surface area contributed by atoms with E-state index in [1.807, 2.05) is 47.4 Å². The molecule has 3 heteroatoms. The number of fused-ring (bicyclic) bond motifs is 3. The van der Waals surface area contributed by atoms with Gasteiger partial charge in [-0.15, -0.1) is 0 Å². The highest BCUT2D eigenvalue weighted by molar-refractivity contribution is 5.89.